The van der Waals surface area contributed by atoms with Crippen LogP contribution in [-0.2, 0) is 11.3 Å². The molecule has 144 valence electrons. The zero-order valence-corrected chi connectivity index (χ0v) is 16.4. The van der Waals surface area contributed by atoms with Crippen molar-refractivity contribution in [2.45, 2.75) is 36.6 Å². The summed E-state index contributed by atoms with van der Waals surface area (Å²) in [5.74, 6) is 1.20. The maximum Gasteiger partial charge on any atom is 0.256 e. The van der Waals surface area contributed by atoms with Crippen LogP contribution in [0.3, 0.4) is 0 Å². The zero-order valence-electron chi connectivity index (χ0n) is 15.6. The molecule has 0 spiro atoms. The molecule has 6 nitrogen and oxygen atoms in total. The molecule has 0 radical (unpaired) electrons. The van der Waals surface area contributed by atoms with Crippen molar-refractivity contribution in [1.29, 1.82) is 0 Å². The van der Waals surface area contributed by atoms with Gasteiger partial charge in [-0.25, -0.2) is 0 Å². The number of nitrogens with zero attached hydrogens (tertiary/aromatic N) is 1. The molecule has 1 saturated heterocycles. The molecule has 2 amide bonds. The first kappa shape index (κ1) is 17.4. The normalized spacial score (nSPS) is 23.5. The van der Waals surface area contributed by atoms with E-state index in [0.29, 0.717) is 23.6 Å². The lowest BCUT2D eigenvalue weighted by atomic mass is 10.0. The Bertz CT molecular complexity index is 990. The molecule has 2 aromatic rings. The number of hydrogen-bond acceptors (Lipinski definition) is 5. The molecule has 3 aliphatic rings. The van der Waals surface area contributed by atoms with E-state index in [1.54, 1.807) is 16.7 Å². The molecule has 3 heterocycles. The minimum atomic E-state index is -0.531. The van der Waals surface area contributed by atoms with Crippen LogP contribution in [0.1, 0.15) is 40.7 Å². The van der Waals surface area contributed by atoms with Gasteiger partial charge in [0, 0.05) is 16.9 Å². The Balaban J connectivity index is 1.36. The molecule has 0 aliphatic carbocycles. The van der Waals surface area contributed by atoms with Gasteiger partial charge in [-0.15, -0.1) is 11.8 Å². The first-order valence-electron chi connectivity index (χ1n) is 9.21. The second-order valence-corrected chi connectivity index (χ2v) is 9.42. The third kappa shape index (κ3) is 2.57. The molecule has 0 bridgehead atoms. The summed E-state index contributed by atoms with van der Waals surface area (Å²) in [6, 6.07) is 12.7. The van der Waals surface area contributed by atoms with E-state index in [2.05, 4.69) is 5.32 Å². The standard InChI is InChI=1S/C21H20N2O4S/c1-21(2)17(23-19(25)13-5-3-4-6-14(13)20(23)28-21)18(24)22-10-12-7-8-15-16(9-12)27-11-26-15/h3-9,17,20H,10-11H2,1-2H3,(H,22,24)/t17-,20?/m1/s1. The van der Waals surface area contributed by atoms with Crippen LogP contribution in [0.4, 0.5) is 0 Å². The molecule has 5 rings (SSSR count). The fraction of sp³-hybridized carbons (Fsp3) is 0.333. The smallest absolute Gasteiger partial charge is 0.256 e. The lowest BCUT2D eigenvalue weighted by Crippen LogP contribution is -2.52. The van der Waals surface area contributed by atoms with Gasteiger partial charge in [0.15, 0.2) is 11.5 Å². The molecule has 1 fully saturated rings. The van der Waals surface area contributed by atoms with E-state index in [-0.39, 0.29) is 28.7 Å². The van der Waals surface area contributed by atoms with Crippen LogP contribution >= 0.6 is 11.8 Å². The average Bonchev–Trinajstić information content (AvgIpc) is 3.32. The van der Waals surface area contributed by atoms with Gasteiger partial charge in [-0.3, -0.25) is 9.59 Å². The molecule has 1 unspecified atom stereocenters. The number of nitrogens with one attached hydrogen (secondary N) is 1. The molecule has 0 saturated carbocycles. The van der Waals surface area contributed by atoms with Crippen molar-refractivity contribution in [3.05, 3.63) is 59.2 Å². The maximum absolute atomic E-state index is 13.1. The molecule has 3 aliphatic heterocycles. The molecule has 0 aromatic heterocycles. The van der Waals surface area contributed by atoms with Crippen molar-refractivity contribution in [1.82, 2.24) is 10.2 Å². The van der Waals surface area contributed by atoms with Gasteiger partial charge >= 0.3 is 0 Å². The predicted octanol–water partition coefficient (Wildman–Crippen LogP) is 3.08. The summed E-state index contributed by atoms with van der Waals surface area (Å²) >= 11 is 1.67. The van der Waals surface area contributed by atoms with Gasteiger partial charge < -0.3 is 19.7 Å². The Morgan fingerprint density at radius 3 is 2.86 bits per heavy atom. The third-order valence-corrected chi connectivity index (χ3v) is 6.98. The van der Waals surface area contributed by atoms with Crippen LogP contribution in [0.5, 0.6) is 11.5 Å². The topological polar surface area (TPSA) is 67.9 Å². The van der Waals surface area contributed by atoms with Crippen molar-refractivity contribution in [3.63, 3.8) is 0 Å². The van der Waals surface area contributed by atoms with E-state index in [9.17, 15) is 9.59 Å². The Morgan fingerprint density at radius 2 is 2.00 bits per heavy atom. The molecule has 1 N–H and O–H groups in total. The number of thioether (sulfide) groups is 1. The summed E-state index contributed by atoms with van der Waals surface area (Å²) in [7, 11) is 0. The average molecular weight is 396 g/mol. The van der Waals surface area contributed by atoms with Gasteiger partial charge in [0.1, 0.15) is 11.4 Å². The molecular formula is C21H20N2O4S. The highest BCUT2D eigenvalue weighted by molar-refractivity contribution is 8.01. The molecule has 2 aromatic carbocycles. The van der Waals surface area contributed by atoms with Crippen LogP contribution in [0.25, 0.3) is 0 Å². The number of rotatable bonds is 3. The van der Waals surface area contributed by atoms with Gasteiger partial charge in [0.25, 0.3) is 5.91 Å². The number of carbonyl (C=O) groups is 2. The minimum Gasteiger partial charge on any atom is -0.454 e. The number of fused-ring (bicyclic) bond motifs is 4. The lowest BCUT2D eigenvalue weighted by molar-refractivity contribution is -0.126. The summed E-state index contributed by atoms with van der Waals surface area (Å²) < 4.78 is 10.3. The Kier molecular flexibility index (Phi) is 3.84. The maximum atomic E-state index is 13.1. The highest BCUT2D eigenvalue weighted by Gasteiger charge is 2.57. The second-order valence-electron chi connectivity index (χ2n) is 7.68. The van der Waals surface area contributed by atoms with Crippen LogP contribution in [-0.4, -0.2) is 34.3 Å². The Morgan fingerprint density at radius 1 is 1.21 bits per heavy atom. The summed E-state index contributed by atoms with van der Waals surface area (Å²) in [6.07, 6.45) is 0. The Hall–Kier alpha value is -2.67. The zero-order chi connectivity index (χ0) is 19.5. The first-order chi connectivity index (χ1) is 13.5. The quantitative estimate of drug-likeness (QED) is 0.864. The number of carbonyl (C=O) groups excluding carboxylic acids is 2. The first-order valence-corrected chi connectivity index (χ1v) is 10.1. The van der Waals surface area contributed by atoms with Crippen molar-refractivity contribution in [2.75, 3.05) is 6.79 Å². The fourth-order valence-corrected chi connectivity index (χ4v) is 5.73. The predicted molar refractivity (Wildman–Crippen MR) is 105 cm³/mol. The largest absolute Gasteiger partial charge is 0.454 e. The van der Waals surface area contributed by atoms with Crippen molar-refractivity contribution < 1.29 is 19.1 Å². The minimum absolute atomic E-state index is 0.0677. The van der Waals surface area contributed by atoms with Crippen molar-refractivity contribution >= 4 is 23.6 Å². The molecule has 7 heteroatoms. The van der Waals surface area contributed by atoms with Gasteiger partial charge in [0.2, 0.25) is 12.7 Å². The highest BCUT2D eigenvalue weighted by atomic mass is 32.2. The number of hydrogen-bond donors (Lipinski definition) is 1. The third-order valence-electron chi connectivity index (χ3n) is 5.45. The second kappa shape index (κ2) is 6.17. The van der Waals surface area contributed by atoms with Crippen molar-refractivity contribution in [2.24, 2.45) is 0 Å². The molecule has 2 atom stereocenters. The summed E-state index contributed by atoms with van der Waals surface area (Å²) in [5.41, 5.74) is 2.62. The van der Waals surface area contributed by atoms with Gasteiger partial charge in [-0.05, 0) is 43.2 Å². The van der Waals surface area contributed by atoms with Crippen LogP contribution < -0.4 is 14.8 Å². The van der Waals surface area contributed by atoms with E-state index in [0.717, 1.165) is 11.1 Å². The molecular weight excluding hydrogens is 376 g/mol. The van der Waals surface area contributed by atoms with E-state index in [1.165, 1.54) is 0 Å². The van der Waals surface area contributed by atoms with Gasteiger partial charge in [-0.2, -0.15) is 0 Å². The van der Waals surface area contributed by atoms with Crippen LogP contribution in [0, 0.1) is 0 Å². The van der Waals surface area contributed by atoms with Crippen LogP contribution in [0.15, 0.2) is 42.5 Å². The highest BCUT2D eigenvalue weighted by Crippen LogP contribution is 2.56. The van der Waals surface area contributed by atoms with E-state index >= 15 is 0 Å². The summed E-state index contributed by atoms with van der Waals surface area (Å²) in [4.78, 5) is 27.9. The monoisotopic (exact) mass is 396 g/mol. The van der Waals surface area contributed by atoms with Gasteiger partial charge in [-0.1, -0.05) is 24.3 Å². The van der Waals surface area contributed by atoms with E-state index in [1.807, 2.05) is 56.3 Å². The molecule has 28 heavy (non-hydrogen) atoms. The van der Waals surface area contributed by atoms with E-state index in [4.69, 9.17) is 9.47 Å². The fourth-order valence-electron chi connectivity index (χ4n) is 4.14. The summed E-state index contributed by atoms with van der Waals surface area (Å²) in [5, 5.41) is 2.89. The number of amides is 2. The lowest BCUT2D eigenvalue weighted by Gasteiger charge is -2.29. The number of ether oxygens (including phenoxy) is 2. The number of benzene rings is 2. The summed E-state index contributed by atoms with van der Waals surface area (Å²) in [6.45, 7) is 4.64. The van der Waals surface area contributed by atoms with E-state index < -0.39 is 6.04 Å². The van der Waals surface area contributed by atoms with Crippen molar-refractivity contribution in [3.8, 4) is 11.5 Å². The SMILES string of the molecule is CC1(C)SC2c3ccccc3C(=O)N2[C@@H]1C(=O)NCc1ccc2c(c1)OCO2. The van der Waals surface area contributed by atoms with Crippen LogP contribution in [0.2, 0.25) is 0 Å². The van der Waals surface area contributed by atoms with Gasteiger partial charge in [0.05, 0.1) is 0 Å². The Labute approximate surface area is 167 Å².